The van der Waals surface area contributed by atoms with Crippen LogP contribution < -0.4 is 20.9 Å². The van der Waals surface area contributed by atoms with Crippen LogP contribution >= 0.6 is 11.6 Å². The van der Waals surface area contributed by atoms with Gasteiger partial charge in [-0.2, -0.15) is 0 Å². The Morgan fingerprint density at radius 1 is 1.29 bits per heavy atom. The molecule has 1 heterocycles. The number of ether oxygens (including phenoxy) is 1. The molecule has 0 aromatic heterocycles. The van der Waals surface area contributed by atoms with Crippen LogP contribution in [-0.4, -0.2) is 6.09 Å². The third-order valence-electron chi connectivity index (χ3n) is 3.45. The zero-order valence-electron chi connectivity index (χ0n) is 11.3. The first-order valence-corrected chi connectivity index (χ1v) is 6.82. The van der Waals surface area contributed by atoms with Crippen molar-refractivity contribution >= 4 is 23.4 Å². The predicted octanol–water partition coefficient (Wildman–Crippen LogP) is 3.13. The van der Waals surface area contributed by atoms with Crippen molar-refractivity contribution in [2.75, 3.05) is 4.90 Å². The zero-order valence-corrected chi connectivity index (χ0v) is 12.1. The fraction of sp³-hybridized carbons (Fsp3) is 0.133. The highest BCUT2D eigenvalue weighted by molar-refractivity contribution is 6.30. The van der Waals surface area contributed by atoms with Crippen molar-refractivity contribution in [3.8, 4) is 5.75 Å². The summed E-state index contributed by atoms with van der Waals surface area (Å²) in [5.41, 5.74) is 5.05. The number of fused-ring (bicyclic) bond motifs is 1. The summed E-state index contributed by atoms with van der Waals surface area (Å²) in [6, 6.07) is 12.6. The molecule has 6 heteroatoms. The van der Waals surface area contributed by atoms with E-state index >= 15 is 0 Å². The highest BCUT2D eigenvalue weighted by atomic mass is 35.5. The summed E-state index contributed by atoms with van der Waals surface area (Å²) in [6.45, 7) is 1.92. The Morgan fingerprint density at radius 3 is 2.76 bits per heavy atom. The number of carbonyl (C=O) groups excluding carboxylic acids is 1. The Bertz CT molecular complexity index is 705. The summed E-state index contributed by atoms with van der Waals surface area (Å²) >= 11 is 6.03. The van der Waals surface area contributed by atoms with E-state index in [1.807, 2.05) is 31.2 Å². The molecule has 0 fully saturated rings. The molecule has 0 bridgehead atoms. The van der Waals surface area contributed by atoms with Crippen LogP contribution in [0.5, 0.6) is 5.75 Å². The van der Waals surface area contributed by atoms with Gasteiger partial charge in [-0.25, -0.2) is 10.2 Å². The van der Waals surface area contributed by atoms with Crippen molar-refractivity contribution in [1.82, 2.24) is 5.43 Å². The standard InChI is InChI=1S/C15H14ClN3O2/c1-9-4-2-3-5-12(9)19-14(18-17)11-8-10(16)6-7-13(11)21-15(19)20/h2-8,14,18H,17H2,1H3. The Hall–Kier alpha value is -2.08. The third-order valence-corrected chi connectivity index (χ3v) is 3.69. The molecule has 3 rings (SSSR count). The largest absolute Gasteiger partial charge is 0.421 e. The van der Waals surface area contributed by atoms with Gasteiger partial charge in [-0.05, 0) is 36.8 Å². The maximum Gasteiger partial charge on any atom is 0.421 e. The van der Waals surface area contributed by atoms with Crippen molar-refractivity contribution < 1.29 is 9.53 Å². The molecule has 1 aliphatic rings. The molecule has 1 unspecified atom stereocenters. The van der Waals surface area contributed by atoms with Gasteiger partial charge in [0.15, 0.2) is 0 Å². The highest BCUT2D eigenvalue weighted by Crippen LogP contribution is 2.38. The number of hydrogen-bond donors (Lipinski definition) is 2. The van der Waals surface area contributed by atoms with Crippen LogP contribution in [0.2, 0.25) is 5.02 Å². The Kier molecular flexibility index (Phi) is 3.55. The molecule has 0 radical (unpaired) electrons. The second-order valence-electron chi connectivity index (χ2n) is 4.78. The van der Waals surface area contributed by atoms with Gasteiger partial charge in [-0.1, -0.05) is 29.8 Å². The molecule has 1 amide bonds. The van der Waals surface area contributed by atoms with E-state index in [2.05, 4.69) is 5.43 Å². The first-order chi connectivity index (χ1) is 10.1. The first-order valence-electron chi connectivity index (χ1n) is 6.44. The second-order valence-corrected chi connectivity index (χ2v) is 5.21. The number of nitrogens with zero attached hydrogens (tertiary/aromatic N) is 1. The number of hydrazine groups is 1. The first kappa shape index (κ1) is 13.9. The van der Waals surface area contributed by atoms with E-state index in [4.69, 9.17) is 22.2 Å². The van der Waals surface area contributed by atoms with Crippen LogP contribution in [-0.2, 0) is 0 Å². The molecule has 0 saturated heterocycles. The lowest BCUT2D eigenvalue weighted by molar-refractivity contribution is 0.196. The van der Waals surface area contributed by atoms with Crippen LogP contribution in [0.25, 0.3) is 0 Å². The summed E-state index contributed by atoms with van der Waals surface area (Å²) in [5.74, 6) is 6.12. The number of nitrogens with two attached hydrogens (primary N) is 1. The normalized spacial score (nSPS) is 17.4. The number of rotatable bonds is 2. The lowest BCUT2D eigenvalue weighted by atomic mass is 10.1. The van der Waals surface area contributed by atoms with E-state index in [1.54, 1.807) is 18.2 Å². The summed E-state index contributed by atoms with van der Waals surface area (Å²) in [4.78, 5) is 13.8. The van der Waals surface area contributed by atoms with Crippen LogP contribution in [0.4, 0.5) is 10.5 Å². The molecule has 5 nitrogen and oxygen atoms in total. The maximum absolute atomic E-state index is 12.3. The van der Waals surface area contributed by atoms with E-state index in [1.165, 1.54) is 4.90 Å². The van der Waals surface area contributed by atoms with E-state index in [0.717, 1.165) is 11.3 Å². The maximum atomic E-state index is 12.3. The minimum absolute atomic E-state index is 0.456. The molecular weight excluding hydrogens is 290 g/mol. The minimum atomic E-state index is -0.541. The smallest absolute Gasteiger partial charge is 0.409 e. The summed E-state index contributed by atoms with van der Waals surface area (Å²) in [5, 5.41) is 0.552. The van der Waals surface area contributed by atoms with Crippen molar-refractivity contribution in [2.45, 2.75) is 13.1 Å². The zero-order chi connectivity index (χ0) is 15.0. The lowest BCUT2D eigenvalue weighted by Crippen LogP contribution is -2.49. The second kappa shape index (κ2) is 5.37. The molecule has 3 N–H and O–H groups in total. The molecule has 21 heavy (non-hydrogen) atoms. The van der Waals surface area contributed by atoms with Gasteiger partial charge in [-0.15, -0.1) is 0 Å². The molecule has 2 aromatic carbocycles. The van der Waals surface area contributed by atoms with Crippen molar-refractivity contribution in [1.29, 1.82) is 0 Å². The van der Waals surface area contributed by atoms with Gasteiger partial charge in [-0.3, -0.25) is 10.7 Å². The number of carbonyl (C=O) groups is 1. The van der Waals surface area contributed by atoms with Crippen LogP contribution in [0.1, 0.15) is 17.3 Å². The summed E-state index contributed by atoms with van der Waals surface area (Å²) in [6.07, 6.45) is -1.02. The lowest BCUT2D eigenvalue weighted by Gasteiger charge is -2.36. The van der Waals surface area contributed by atoms with Crippen LogP contribution in [0, 0.1) is 6.92 Å². The molecule has 0 aliphatic carbocycles. The van der Waals surface area contributed by atoms with Gasteiger partial charge < -0.3 is 4.74 Å². The number of amides is 1. The predicted molar refractivity (Wildman–Crippen MR) is 81.2 cm³/mol. The highest BCUT2D eigenvalue weighted by Gasteiger charge is 2.35. The van der Waals surface area contributed by atoms with E-state index < -0.39 is 12.3 Å². The minimum Gasteiger partial charge on any atom is -0.409 e. The van der Waals surface area contributed by atoms with Crippen molar-refractivity contribution in [3.05, 3.63) is 58.6 Å². The Labute approximate surface area is 127 Å². The number of nitrogens with one attached hydrogen (secondary N) is 1. The molecule has 108 valence electrons. The molecule has 1 aliphatic heterocycles. The van der Waals surface area contributed by atoms with Gasteiger partial charge in [0, 0.05) is 10.6 Å². The van der Waals surface area contributed by atoms with Gasteiger partial charge in [0.25, 0.3) is 0 Å². The number of para-hydroxylation sites is 1. The van der Waals surface area contributed by atoms with E-state index in [0.29, 0.717) is 16.3 Å². The van der Waals surface area contributed by atoms with Gasteiger partial charge in [0.2, 0.25) is 0 Å². The fourth-order valence-corrected chi connectivity index (χ4v) is 2.63. The molecular formula is C15H14ClN3O2. The average molecular weight is 304 g/mol. The SMILES string of the molecule is Cc1ccccc1N1C(=O)Oc2ccc(Cl)cc2C1NN. The fourth-order valence-electron chi connectivity index (χ4n) is 2.45. The third kappa shape index (κ3) is 2.35. The van der Waals surface area contributed by atoms with Crippen molar-refractivity contribution in [2.24, 2.45) is 5.84 Å². The van der Waals surface area contributed by atoms with Crippen molar-refractivity contribution in [3.63, 3.8) is 0 Å². The quantitative estimate of drug-likeness (QED) is 0.661. The number of benzene rings is 2. The van der Waals surface area contributed by atoms with Gasteiger partial charge >= 0.3 is 6.09 Å². The van der Waals surface area contributed by atoms with E-state index in [9.17, 15) is 4.79 Å². The number of aryl methyl sites for hydroxylation is 1. The molecule has 2 aromatic rings. The number of hydrogen-bond acceptors (Lipinski definition) is 4. The monoisotopic (exact) mass is 303 g/mol. The number of halogens is 1. The Morgan fingerprint density at radius 2 is 2.05 bits per heavy atom. The van der Waals surface area contributed by atoms with Crippen LogP contribution in [0.15, 0.2) is 42.5 Å². The van der Waals surface area contributed by atoms with Crippen LogP contribution in [0.3, 0.4) is 0 Å². The Balaban J connectivity index is 2.14. The summed E-state index contributed by atoms with van der Waals surface area (Å²) in [7, 11) is 0. The molecule has 0 spiro atoms. The summed E-state index contributed by atoms with van der Waals surface area (Å²) < 4.78 is 5.37. The molecule has 1 atom stereocenters. The van der Waals surface area contributed by atoms with Gasteiger partial charge in [0.1, 0.15) is 11.9 Å². The van der Waals surface area contributed by atoms with Gasteiger partial charge in [0.05, 0.1) is 5.69 Å². The molecule has 0 saturated carbocycles. The van der Waals surface area contributed by atoms with E-state index in [-0.39, 0.29) is 0 Å². The average Bonchev–Trinajstić information content (AvgIpc) is 2.47. The topological polar surface area (TPSA) is 67.6 Å². The number of anilines is 1.